The van der Waals surface area contributed by atoms with E-state index in [1.807, 2.05) is 12.1 Å². The first-order valence-electron chi connectivity index (χ1n) is 10.7. The molecule has 1 N–H and O–H groups in total. The van der Waals surface area contributed by atoms with Gasteiger partial charge in [0.1, 0.15) is 18.1 Å². The molecule has 1 aliphatic rings. The minimum atomic E-state index is -0.658. The van der Waals surface area contributed by atoms with Gasteiger partial charge >= 0.3 is 12.0 Å². The Labute approximate surface area is 206 Å². The zero-order valence-corrected chi connectivity index (χ0v) is 19.4. The lowest BCUT2D eigenvalue weighted by molar-refractivity contribution is -0.123. The molecule has 0 unspecified atom stereocenters. The molecule has 1 aliphatic heterocycles. The number of furan rings is 1. The van der Waals surface area contributed by atoms with Crippen molar-refractivity contribution >= 4 is 24.0 Å². The van der Waals surface area contributed by atoms with Crippen molar-refractivity contribution in [2.75, 3.05) is 14.2 Å². The third kappa shape index (κ3) is 5.05. The summed E-state index contributed by atoms with van der Waals surface area (Å²) >= 11 is 0. The fourth-order valence-electron chi connectivity index (χ4n) is 3.51. The first-order valence-corrected chi connectivity index (χ1v) is 10.7. The molecular weight excluding hydrogens is 466 g/mol. The van der Waals surface area contributed by atoms with Crippen molar-refractivity contribution in [1.29, 1.82) is 5.26 Å². The number of ether oxygens (including phenoxy) is 3. The summed E-state index contributed by atoms with van der Waals surface area (Å²) in [7, 11) is 2.71. The molecule has 0 aliphatic carbocycles. The van der Waals surface area contributed by atoms with E-state index in [1.54, 1.807) is 30.3 Å². The van der Waals surface area contributed by atoms with Gasteiger partial charge in [-0.25, -0.2) is 9.59 Å². The number of nitrogens with one attached hydrogen (secondary N) is 1. The van der Waals surface area contributed by atoms with Gasteiger partial charge in [-0.3, -0.25) is 9.69 Å². The third-order valence-electron chi connectivity index (χ3n) is 5.34. The van der Waals surface area contributed by atoms with Crippen LogP contribution in [-0.2, 0) is 22.7 Å². The maximum atomic E-state index is 12.8. The van der Waals surface area contributed by atoms with Crippen LogP contribution in [0, 0.1) is 11.3 Å². The maximum absolute atomic E-state index is 12.8. The lowest BCUT2D eigenvalue weighted by Crippen LogP contribution is -2.30. The number of amides is 3. The van der Waals surface area contributed by atoms with Crippen molar-refractivity contribution in [2.24, 2.45) is 0 Å². The molecule has 2 aromatic carbocycles. The van der Waals surface area contributed by atoms with Crippen LogP contribution in [0.25, 0.3) is 6.08 Å². The minimum absolute atomic E-state index is 0.0270. The van der Waals surface area contributed by atoms with Crippen molar-refractivity contribution in [3.8, 4) is 17.6 Å². The van der Waals surface area contributed by atoms with Gasteiger partial charge < -0.3 is 23.9 Å². The standard InChI is InChI=1S/C26H21N3O7/c1-33-23-12-16(7-9-21(23)35-15-18-6-4-3-5-17(18)13-27)11-20-24(30)29(26(32)28-20)14-19-8-10-22(36-19)25(31)34-2/h3-12H,14-15H2,1-2H3,(H,28,32)/b20-11-. The van der Waals surface area contributed by atoms with Crippen molar-refractivity contribution in [2.45, 2.75) is 13.2 Å². The number of urea groups is 1. The topological polar surface area (TPSA) is 131 Å². The fraction of sp³-hybridized carbons (Fsp3) is 0.154. The second kappa shape index (κ2) is 10.5. The SMILES string of the molecule is COC(=O)c1ccc(CN2C(=O)N/C(=C\c3ccc(OCc4ccccc4C#N)c(OC)c3)C2=O)o1. The number of hydrogen-bond donors (Lipinski definition) is 1. The van der Waals surface area contributed by atoms with E-state index in [2.05, 4.69) is 16.1 Å². The summed E-state index contributed by atoms with van der Waals surface area (Å²) in [5.41, 5.74) is 1.92. The van der Waals surface area contributed by atoms with Gasteiger partial charge in [0.2, 0.25) is 5.76 Å². The highest BCUT2D eigenvalue weighted by Gasteiger charge is 2.34. The van der Waals surface area contributed by atoms with E-state index in [4.69, 9.17) is 13.9 Å². The smallest absolute Gasteiger partial charge is 0.373 e. The first-order chi connectivity index (χ1) is 17.4. The van der Waals surface area contributed by atoms with Gasteiger partial charge in [0.25, 0.3) is 5.91 Å². The summed E-state index contributed by atoms with van der Waals surface area (Å²) in [6.45, 7) is 0.0216. The zero-order valence-electron chi connectivity index (χ0n) is 19.4. The number of rotatable bonds is 8. The van der Waals surface area contributed by atoms with E-state index in [0.29, 0.717) is 22.6 Å². The molecule has 10 nitrogen and oxygen atoms in total. The van der Waals surface area contributed by atoms with Gasteiger partial charge in [-0.15, -0.1) is 0 Å². The van der Waals surface area contributed by atoms with E-state index in [-0.39, 0.29) is 30.4 Å². The molecule has 36 heavy (non-hydrogen) atoms. The zero-order chi connectivity index (χ0) is 25.7. The predicted molar refractivity (Wildman–Crippen MR) is 126 cm³/mol. The van der Waals surface area contributed by atoms with Gasteiger partial charge in [0.05, 0.1) is 32.4 Å². The quantitative estimate of drug-likeness (QED) is 0.290. The molecule has 3 amide bonds. The van der Waals surface area contributed by atoms with E-state index in [1.165, 1.54) is 32.4 Å². The first kappa shape index (κ1) is 24.1. The van der Waals surface area contributed by atoms with E-state index in [0.717, 1.165) is 10.5 Å². The molecule has 0 atom stereocenters. The Balaban J connectivity index is 1.47. The summed E-state index contributed by atoms with van der Waals surface area (Å²) < 4.78 is 21.2. The lowest BCUT2D eigenvalue weighted by atomic mass is 10.1. The van der Waals surface area contributed by atoms with Crippen LogP contribution in [-0.4, -0.2) is 37.0 Å². The minimum Gasteiger partial charge on any atom is -0.493 e. The van der Waals surface area contributed by atoms with Crippen molar-refractivity contribution in [3.05, 3.63) is 88.5 Å². The number of carbonyl (C=O) groups excluding carboxylic acids is 3. The molecule has 0 bridgehead atoms. The summed E-state index contributed by atoms with van der Waals surface area (Å²) in [6, 6.07) is 16.6. The lowest BCUT2D eigenvalue weighted by Gasteiger charge is -2.12. The van der Waals surface area contributed by atoms with Gasteiger partial charge in [0.15, 0.2) is 11.5 Å². The molecule has 0 radical (unpaired) electrons. The number of benzene rings is 2. The number of esters is 1. The summed E-state index contributed by atoms with van der Waals surface area (Å²) in [5.74, 6) is -0.117. The van der Waals surface area contributed by atoms with Crippen molar-refractivity contribution in [3.63, 3.8) is 0 Å². The molecular formula is C26H21N3O7. The number of hydrogen-bond acceptors (Lipinski definition) is 8. The van der Waals surface area contributed by atoms with Crippen LogP contribution in [0.15, 0.2) is 64.7 Å². The number of nitrogens with zero attached hydrogens (tertiary/aromatic N) is 2. The second-order valence-corrected chi connectivity index (χ2v) is 7.60. The molecule has 182 valence electrons. The molecule has 0 saturated carbocycles. The van der Waals surface area contributed by atoms with Crippen molar-refractivity contribution < 1.29 is 33.0 Å². The molecule has 1 fully saturated rings. The second-order valence-electron chi connectivity index (χ2n) is 7.60. The Hall–Kier alpha value is -5.04. The van der Waals surface area contributed by atoms with Crippen LogP contribution < -0.4 is 14.8 Å². The van der Waals surface area contributed by atoms with Gasteiger partial charge in [-0.2, -0.15) is 5.26 Å². The molecule has 1 saturated heterocycles. The average Bonchev–Trinajstić information content (AvgIpc) is 3.47. The molecule has 0 spiro atoms. The summed E-state index contributed by atoms with van der Waals surface area (Å²) in [4.78, 5) is 37.7. The Bertz CT molecular complexity index is 1400. The number of methoxy groups -OCH3 is 2. The highest BCUT2D eigenvalue weighted by atomic mass is 16.5. The molecule has 1 aromatic heterocycles. The maximum Gasteiger partial charge on any atom is 0.373 e. The van der Waals surface area contributed by atoms with Gasteiger partial charge in [-0.1, -0.05) is 24.3 Å². The van der Waals surface area contributed by atoms with Gasteiger partial charge in [-0.05, 0) is 42.0 Å². The Morgan fingerprint density at radius 2 is 1.92 bits per heavy atom. The Morgan fingerprint density at radius 3 is 2.67 bits per heavy atom. The highest BCUT2D eigenvalue weighted by Crippen LogP contribution is 2.30. The van der Waals surface area contributed by atoms with Crippen LogP contribution in [0.4, 0.5) is 4.79 Å². The molecule has 10 heteroatoms. The molecule has 2 heterocycles. The van der Waals surface area contributed by atoms with Crippen LogP contribution in [0.2, 0.25) is 0 Å². The van der Waals surface area contributed by atoms with Crippen molar-refractivity contribution in [1.82, 2.24) is 10.2 Å². The summed E-state index contributed by atoms with van der Waals surface area (Å²) in [6.07, 6.45) is 1.51. The molecule has 3 aromatic rings. The van der Waals surface area contributed by atoms with Crippen LogP contribution >= 0.6 is 0 Å². The van der Waals surface area contributed by atoms with Crippen LogP contribution in [0.3, 0.4) is 0 Å². The average molecular weight is 487 g/mol. The van der Waals surface area contributed by atoms with E-state index < -0.39 is 17.9 Å². The normalized spacial score (nSPS) is 13.9. The number of nitriles is 1. The third-order valence-corrected chi connectivity index (χ3v) is 5.34. The van der Waals surface area contributed by atoms with Gasteiger partial charge in [0, 0.05) is 5.56 Å². The fourth-order valence-corrected chi connectivity index (χ4v) is 3.51. The van der Waals surface area contributed by atoms with E-state index >= 15 is 0 Å². The highest BCUT2D eigenvalue weighted by molar-refractivity contribution is 6.13. The largest absolute Gasteiger partial charge is 0.493 e. The number of imide groups is 1. The molecule has 4 rings (SSSR count). The monoisotopic (exact) mass is 487 g/mol. The summed E-state index contributed by atoms with van der Waals surface area (Å²) in [5, 5.41) is 11.8. The van der Waals surface area contributed by atoms with Crippen LogP contribution in [0.5, 0.6) is 11.5 Å². The number of carbonyl (C=O) groups is 3. The Kier molecular flexibility index (Phi) is 7.02. The van der Waals surface area contributed by atoms with E-state index in [9.17, 15) is 19.6 Å². The predicted octanol–water partition coefficient (Wildman–Crippen LogP) is 3.62. The van der Waals surface area contributed by atoms with Crippen LogP contribution in [0.1, 0.15) is 33.0 Å². The Morgan fingerprint density at radius 1 is 1.11 bits per heavy atom.